The Hall–Kier alpha value is -0.910. The van der Waals surface area contributed by atoms with E-state index >= 15 is 0 Å². The van der Waals surface area contributed by atoms with E-state index < -0.39 is 0 Å². The molecule has 1 N–H and O–H groups in total. The average Bonchev–Trinajstić information content (AvgIpc) is 2.85. The van der Waals surface area contributed by atoms with E-state index in [-0.39, 0.29) is 11.4 Å². The highest BCUT2D eigenvalue weighted by Crippen LogP contribution is 2.26. The zero-order valence-corrected chi connectivity index (χ0v) is 11.4. The maximum absolute atomic E-state index is 5.92. The van der Waals surface area contributed by atoms with Crippen LogP contribution in [0.2, 0.25) is 5.28 Å². The highest BCUT2D eigenvalue weighted by molar-refractivity contribution is 7.16. The molecular weight excluding hydrogens is 270 g/mol. The third-order valence-corrected chi connectivity index (χ3v) is 4.04. The minimum Gasteiger partial charge on any atom is -0.376 e. The van der Waals surface area contributed by atoms with E-state index in [9.17, 15) is 0 Å². The fourth-order valence-electron chi connectivity index (χ4n) is 2.14. The van der Waals surface area contributed by atoms with Gasteiger partial charge in [0.25, 0.3) is 0 Å². The van der Waals surface area contributed by atoms with Crippen molar-refractivity contribution in [1.29, 1.82) is 0 Å². The Morgan fingerprint density at radius 2 is 2.39 bits per heavy atom. The largest absolute Gasteiger partial charge is 0.376 e. The lowest BCUT2D eigenvalue weighted by atomic mass is 10.1. The first kappa shape index (κ1) is 12.1. The maximum Gasteiger partial charge on any atom is 0.225 e. The molecule has 0 aromatic carbocycles. The molecule has 3 rings (SSSR count). The Labute approximate surface area is 114 Å². The first-order valence-electron chi connectivity index (χ1n) is 6.09. The van der Waals surface area contributed by atoms with Gasteiger partial charge in [-0.3, -0.25) is 0 Å². The summed E-state index contributed by atoms with van der Waals surface area (Å²) in [6.07, 6.45) is 3.80. The van der Waals surface area contributed by atoms with Crippen LogP contribution < -0.4 is 5.32 Å². The van der Waals surface area contributed by atoms with Gasteiger partial charge in [0.15, 0.2) is 0 Å². The molecule has 0 spiro atoms. The molecule has 1 fully saturated rings. The van der Waals surface area contributed by atoms with E-state index in [1.807, 2.05) is 11.4 Å². The molecular formula is C12H14ClN3OS. The second-order valence-corrected chi connectivity index (χ2v) is 5.58. The first-order chi connectivity index (χ1) is 8.83. The van der Waals surface area contributed by atoms with Gasteiger partial charge in [-0.1, -0.05) is 0 Å². The minimum atomic E-state index is 0.279. The van der Waals surface area contributed by atoms with Crippen LogP contribution in [0.25, 0.3) is 10.2 Å². The number of fused-ring (bicyclic) bond motifs is 1. The zero-order chi connectivity index (χ0) is 12.4. The van der Waals surface area contributed by atoms with Crippen LogP contribution >= 0.6 is 22.9 Å². The second kappa shape index (κ2) is 5.38. The molecule has 1 saturated heterocycles. The number of hydrogen-bond donors (Lipinski definition) is 1. The van der Waals surface area contributed by atoms with E-state index in [2.05, 4.69) is 15.3 Å². The fraction of sp³-hybridized carbons (Fsp3) is 0.500. The van der Waals surface area contributed by atoms with Gasteiger partial charge in [0.05, 0.1) is 11.5 Å². The van der Waals surface area contributed by atoms with Crippen LogP contribution in [0.4, 0.5) is 5.82 Å². The van der Waals surface area contributed by atoms with Crippen LogP contribution in [0.3, 0.4) is 0 Å². The van der Waals surface area contributed by atoms with Crippen molar-refractivity contribution in [3.05, 3.63) is 16.7 Å². The number of hydrogen-bond acceptors (Lipinski definition) is 5. The molecule has 0 bridgehead atoms. The molecule has 2 aromatic heterocycles. The summed E-state index contributed by atoms with van der Waals surface area (Å²) >= 11 is 7.49. The van der Waals surface area contributed by atoms with E-state index in [0.29, 0.717) is 0 Å². The Kier molecular flexibility index (Phi) is 3.63. The number of thiophene rings is 1. The molecule has 6 heteroatoms. The van der Waals surface area contributed by atoms with Gasteiger partial charge >= 0.3 is 0 Å². The predicted octanol–water partition coefficient (Wildman–Crippen LogP) is 3.33. The molecule has 1 aliphatic heterocycles. The Morgan fingerprint density at radius 3 is 3.22 bits per heavy atom. The summed E-state index contributed by atoms with van der Waals surface area (Å²) in [7, 11) is 0. The second-order valence-electron chi connectivity index (χ2n) is 4.35. The van der Waals surface area contributed by atoms with Gasteiger partial charge in [-0.05, 0) is 42.3 Å². The molecule has 3 heterocycles. The lowest BCUT2D eigenvalue weighted by Gasteiger charge is -2.23. The van der Waals surface area contributed by atoms with Crippen molar-refractivity contribution < 1.29 is 4.74 Å². The fourth-order valence-corrected chi connectivity index (χ4v) is 3.13. The molecule has 1 atom stereocenters. The van der Waals surface area contributed by atoms with E-state index in [1.165, 1.54) is 12.8 Å². The SMILES string of the molecule is Clc1nc(NCC2CCCCO2)c2ccsc2n1. The number of rotatable bonds is 3. The van der Waals surface area contributed by atoms with Crippen LogP contribution in [0, 0.1) is 0 Å². The number of aromatic nitrogens is 2. The van der Waals surface area contributed by atoms with Gasteiger partial charge in [0, 0.05) is 13.2 Å². The van der Waals surface area contributed by atoms with Crippen LogP contribution in [-0.2, 0) is 4.74 Å². The van der Waals surface area contributed by atoms with Gasteiger partial charge in [-0.2, -0.15) is 0 Å². The van der Waals surface area contributed by atoms with Crippen molar-refractivity contribution in [3.63, 3.8) is 0 Å². The molecule has 1 aliphatic rings. The summed E-state index contributed by atoms with van der Waals surface area (Å²) in [5.41, 5.74) is 0. The van der Waals surface area contributed by atoms with Crippen molar-refractivity contribution in [1.82, 2.24) is 9.97 Å². The van der Waals surface area contributed by atoms with Crippen LogP contribution in [0.15, 0.2) is 11.4 Å². The molecule has 2 aromatic rings. The topological polar surface area (TPSA) is 47.0 Å². The number of anilines is 1. The Morgan fingerprint density at radius 1 is 1.44 bits per heavy atom. The summed E-state index contributed by atoms with van der Waals surface area (Å²) in [4.78, 5) is 9.36. The molecule has 96 valence electrons. The average molecular weight is 284 g/mol. The summed E-state index contributed by atoms with van der Waals surface area (Å²) in [5, 5.41) is 6.65. The van der Waals surface area contributed by atoms with Crippen LogP contribution in [0.5, 0.6) is 0 Å². The maximum atomic E-state index is 5.92. The standard InChI is InChI=1S/C12H14ClN3OS/c13-12-15-10(9-4-6-18-11(9)16-12)14-7-8-3-1-2-5-17-8/h4,6,8H,1-3,5,7H2,(H,14,15,16). The van der Waals surface area contributed by atoms with Crippen molar-refractivity contribution in [2.24, 2.45) is 0 Å². The highest BCUT2D eigenvalue weighted by atomic mass is 35.5. The van der Waals surface area contributed by atoms with E-state index in [1.54, 1.807) is 11.3 Å². The molecule has 0 aliphatic carbocycles. The molecule has 4 nitrogen and oxygen atoms in total. The molecule has 0 amide bonds. The lowest BCUT2D eigenvalue weighted by Crippen LogP contribution is -2.27. The molecule has 18 heavy (non-hydrogen) atoms. The van der Waals surface area contributed by atoms with Crippen molar-refractivity contribution in [3.8, 4) is 0 Å². The summed E-state index contributed by atoms with van der Waals surface area (Å²) in [5.74, 6) is 0.806. The van der Waals surface area contributed by atoms with E-state index in [0.717, 1.165) is 35.6 Å². The number of halogens is 1. The van der Waals surface area contributed by atoms with E-state index in [4.69, 9.17) is 16.3 Å². The van der Waals surface area contributed by atoms with Crippen molar-refractivity contribution in [2.75, 3.05) is 18.5 Å². The Balaban J connectivity index is 1.75. The van der Waals surface area contributed by atoms with Gasteiger partial charge in [-0.15, -0.1) is 11.3 Å². The number of nitrogens with one attached hydrogen (secondary N) is 1. The zero-order valence-electron chi connectivity index (χ0n) is 9.86. The normalized spacial score (nSPS) is 20.2. The summed E-state index contributed by atoms with van der Waals surface area (Å²) < 4.78 is 5.69. The Bertz CT molecular complexity index is 539. The lowest BCUT2D eigenvalue weighted by molar-refractivity contribution is 0.0247. The highest BCUT2D eigenvalue weighted by Gasteiger charge is 2.15. The third kappa shape index (κ3) is 2.58. The predicted molar refractivity (Wildman–Crippen MR) is 74.5 cm³/mol. The summed E-state index contributed by atoms with van der Waals surface area (Å²) in [6, 6.07) is 2.01. The third-order valence-electron chi connectivity index (χ3n) is 3.07. The smallest absolute Gasteiger partial charge is 0.225 e. The minimum absolute atomic E-state index is 0.279. The van der Waals surface area contributed by atoms with Crippen LogP contribution in [-0.4, -0.2) is 29.2 Å². The van der Waals surface area contributed by atoms with Gasteiger partial charge < -0.3 is 10.1 Å². The molecule has 0 radical (unpaired) electrons. The molecule has 0 saturated carbocycles. The van der Waals surface area contributed by atoms with Crippen molar-refractivity contribution in [2.45, 2.75) is 25.4 Å². The van der Waals surface area contributed by atoms with Crippen LogP contribution in [0.1, 0.15) is 19.3 Å². The monoisotopic (exact) mass is 283 g/mol. The number of ether oxygens (including phenoxy) is 1. The van der Waals surface area contributed by atoms with Gasteiger partial charge in [0.1, 0.15) is 10.6 Å². The van der Waals surface area contributed by atoms with Crippen molar-refractivity contribution >= 4 is 39.0 Å². The molecule has 1 unspecified atom stereocenters. The summed E-state index contributed by atoms with van der Waals surface area (Å²) in [6.45, 7) is 1.64. The first-order valence-corrected chi connectivity index (χ1v) is 7.35. The number of nitrogens with zero attached hydrogens (tertiary/aromatic N) is 2. The van der Waals surface area contributed by atoms with Gasteiger partial charge in [0.2, 0.25) is 5.28 Å². The van der Waals surface area contributed by atoms with Gasteiger partial charge in [-0.25, -0.2) is 9.97 Å². The quantitative estimate of drug-likeness (QED) is 0.878.